The van der Waals surface area contributed by atoms with Crippen molar-refractivity contribution in [2.75, 3.05) is 31.5 Å². The lowest BCUT2D eigenvalue weighted by Gasteiger charge is -2.28. The lowest BCUT2D eigenvalue weighted by molar-refractivity contribution is -0.110. The maximum absolute atomic E-state index is 13.8. The van der Waals surface area contributed by atoms with Crippen molar-refractivity contribution < 1.29 is 14.0 Å². The number of hydrogen-bond donors (Lipinski definition) is 2. The van der Waals surface area contributed by atoms with E-state index < -0.39 is 0 Å². The molecule has 3 aliphatic heterocycles. The molecule has 2 saturated heterocycles. The van der Waals surface area contributed by atoms with Gasteiger partial charge in [0.05, 0.1) is 11.1 Å². The van der Waals surface area contributed by atoms with Crippen molar-refractivity contribution in [3.63, 3.8) is 0 Å². The van der Waals surface area contributed by atoms with Crippen molar-refractivity contribution in [3.8, 4) is 0 Å². The predicted octanol–water partition coefficient (Wildman–Crippen LogP) is 3.96. The van der Waals surface area contributed by atoms with Crippen LogP contribution in [-0.4, -0.2) is 58.8 Å². The Morgan fingerprint density at radius 3 is 2.75 bits per heavy atom. The zero-order chi connectivity index (χ0) is 22.4. The first kappa shape index (κ1) is 20.9. The van der Waals surface area contributed by atoms with Crippen molar-refractivity contribution in [2.24, 2.45) is 0 Å². The van der Waals surface area contributed by atoms with E-state index >= 15 is 0 Å². The highest BCUT2D eigenvalue weighted by Gasteiger charge is 2.34. The predicted molar refractivity (Wildman–Crippen MR) is 123 cm³/mol. The molecule has 0 radical (unpaired) electrons. The Labute approximate surface area is 187 Å². The second-order valence-corrected chi connectivity index (χ2v) is 9.17. The lowest BCUT2D eigenvalue weighted by atomic mass is 10.0. The molecule has 5 rings (SSSR count). The number of hydrogen-bond acceptors (Lipinski definition) is 3. The third kappa shape index (κ3) is 3.64. The van der Waals surface area contributed by atoms with E-state index in [-0.39, 0.29) is 23.7 Å². The summed E-state index contributed by atoms with van der Waals surface area (Å²) in [6.07, 6.45) is 6.30. The van der Waals surface area contributed by atoms with E-state index in [0.29, 0.717) is 28.1 Å². The van der Waals surface area contributed by atoms with Crippen molar-refractivity contribution >= 4 is 29.2 Å². The number of carbonyl (C=O) groups is 2. The van der Waals surface area contributed by atoms with Gasteiger partial charge in [0, 0.05) is 41.8 Å². The summed E-state index contributed by atoms with van der Waals surface area (Å²) in [6.45, 7) is 7.80. The molecule has 4 heterocycles. The minimum Gasteiger partial charge on any atom is -0.358 e. The van der Waals surface area contributed by atoms with Crippen LogP contribution >= 0.6 is 0 Å². The number of anilines is 1. The van der Waals surface area contributed by atoms with Gasteiger partial charge in [-0.15, -0.1) is 0 Å². The van der Waals surface area contributed by atoms with Gasteiger partial charge >= 0.3 is 0 Å². The van der Waals surface area contributed by atoms with E-state index in [1.165, 1.54) is 25.0 Å². The van der Waals surface area contributed by atoms with Crippen LogP contribution in [0.5, 0.6) is 0 Å². The molecule has 0 unspecified atom stereocenters. The van der Waals surface area contributed by atoms with Crippen LogP contribution in [0.4, 0.5) is 10.1 Å². The number of amides is 2. The van der Waals surface area contributed by atoms with Crippen LogP contribution in [0.15, 0.2) is 18.2 Å². The molecule has 2 fully saturated rings. The highest BCUT2D eigenvalue weighted by atomic mass is 19.1. The maximum Gasteiger partial charge on any atom is 0.256 e. The largest absolute Gasteiger partial charge is 0.358 e. The Morgan fingerprint density at radius 2 is 1.97 bits per heavy atom. The van der Waals surface area contributed by atoms with Gasteiger partial charge in [0.25, 0.3) is 11.8 Å². The first-order valence-corrected chi connectivity index (χ1v) is 11.5. The molecule has 1 aromatic carbocycles. The van der Waals surface area contributed by atoms with Crippen molar-refractivity contribution in [1.29, 1.82) is 0 Å². The van der Waals surface area contributed by atoms with Crippen LogP contribution in [0.1, 0.15) is 58.6 Å². The van der Waals surface area contributed by atoms with E-state index in [1.807, 2.05) is 18.7 Å². The average Bonchev–Trinajstić information content (AvgIpc) is 3.53. The molecule has 1 atom stereocenters. The number of nitrogens with zero attached hydrogens (tertiary/aromatic N) is 2. The number of aromatic nitrogens is 1. The molecule has 2 N–H and O–H groups in total. The maximum atomic E-state index is 13.8. The van der Waals surface area contributed by atoms with Gasteiger partial charge < -0.3 is 20.1 Å². The summed E-state index contributed by atoms with van der Waals surface area (Å²) in [6, 6.07) is 4.52. The Balaban J connectivity index is 1.43. The number of halogens is 1. The molecular weight excluding hydrogens is 407 g/mol. The molecule has 2 aromatic rings. The van der Waals surface area contributed by atoms with Gasteiger partial charge in [-0.3, -0.25) is 9.59 Å². The van der Waals surface area contributed by atoms with Crippen LogP contribution in [-0.2, 0) is 4.79 Å². The molecular formula is C25H29FN4O2. The first-order chi connectivity index (χ1) is 15.4. The zero-order valence-corrected chi connectivity index (χ0v) is 18.6. The molecule has 32 heavy (non-hydrogen) atoms. The second kappa shape index (κ2) is 8.20. The molecule has 0 bridgehead atoms. The van der Waals surface area contributed by atoms with E-state index in [4.69, 9.17) is 0 Å². The van der Waals surface area contributed by atoms with Crippen LogP contribution in [0.2, 0.25) is 0 Å². The van der Waals surface area contributed by atoms with Crippen molar-refractivity contribution in [1.82, 2.24) is 14.8 Å². The summed E-state index contributed by atoms with van der Waals surface area (Å²) in [7, 11) is 0. The summed E-state index contributed by atoms with van der Waals surface area (Å²) in [4.78, 5) is 33.9. The van der Waals surface area contributed by atoms with Crippen molar-refractivity contribution in [2.45, 2.75) is 45.6 Å². The van der Waals surface area contributed by atoms with Crippen LogP contribution in [0.3, 0.4) is 0 Å². The molecule has 0 saturated carbocycles. The smallest absolute Gasteiger partial charge is 0.256 e. The van der Waals surface area contributed by atoms with E-state index in [1.54, 1.807) is 12.1 Å². The monoisotopic (exact) mass is 436 g/mol. The fourth-order valence-electron chi connectivity index (χ4n) is 5.39. The second-order valence-electron chi connectivity index (χ2n) is 9.17. The van der Waals surface area contributed by atoms with Gasteiger partial charge in [0.2, 0.25) is 0 Å². The van der Waals surface area contributed by atoms with Crippen LogP contribution < -0.4 is 5.32 Å². The Bertz CT molecular complexity index is 1110. The normalized spacial score (nSPS) is 22.1. The third-order valence-electron chi connectivity index (χ3n) is 7.05. The van der Waals surface area contributed by atoms with E-state index in [0.717, 1.165) is 50.3 Å². The summed E-state index contributed by atoms with van der Waals surface area (Å²) in [5, 5.41) is 2.78. The summed E-state index contributed by atoms with van der Waals surface area (Å²) < 4.78 is 13.8. The van der Waals surface area contributed by atoms with Gasteiger partial charge in [-0.1, -0.05) is 0 Å². The molecule has 2 amide bonds. The van der Waals surface area contributed by atoms with Gasteiger partial charge in [0.1, 0.15) is 5.82 Å². The molecule has 0 spiro atoms. The van der Waals surface area contributed by atoms with Crippen molar-refractivity contribution in [3.05, 3.63) is 52.1 Å². The summed E-state index contributed by atoms with van der Waals surface area (Å²) in [5.74, 6) is -0.597. The number of rotatable bonds is 4. The topological polar surface area (TPSA) is 68.4 Å². The Hall–Kier alpha value is -2.93. The number of carbonyl (C=O) groups excluding carboxylic acids is 2. The first-order valence-electron chi connectivity index (χ1n) is 11.5. The molecule has 3 aliphatic rings. The van der Waals surface area contributed by atoms with Gasteiger partial charge in [-0.25, -0.2) is 4.39 Å². The number of H-pyrrole nitrogens is 1. The molecule has 1 aromatic heterocycles. The molecule has 168 valence electrons. The number of aryl methyl sites for hydroxylation is 1. The minimum absolute atomic E-state index is 0.0601. The molecule has 0 aliphatic carbocycles. The molecule has 6 nitrogen and oxygen atoms in total. The third-order valence-corrected chi connectivity index (χ3v) is 7.05. The van der Waals surface area contributed by atoms with E-state index in [2.05, 4.69) is 15.2 Å². The number of benzene rings is 1. The Kier molecular flexibility index (Phi) is 5.37. The summed E-state index contributed by atoms with van der Waals surface area (Å²) >= 11 is 0. The number of likely N-dealkylation sites (tertiary alicyclic amines) is 2. The Morgan fingerprint density at radius 1 is 1.19 bits per heavy atom. The standard InChI is InChI=1S/C25H29FN4O2/c1-15-22(13-20-19-12-17(26)7-8-21(19)28-24(20)31)27-16(2)23(15)25(32)30-11-5-6-18(30)14-29-9-3-4-10-29/h7-8,12-13,18,27H,3-6,9-11,14H2,1-2H3,(H,28,31)/t18-/m1/s1. The highest BCUT2D eigenvalue weighted by Crippen LogP contribution is 2.35. The SMILES string of the molecule is Cc1[nH]c(C=C2C(=O)Nc3ccc(F)cc32)c(C)c1C(=O)N1CCC[C@@H]1CN1CCCC1. The minimum atomic E-state index is -0.389. The zero-order valence-electron chi connectivity index (χ0n) is 18.6. The highest BCUT2D eigenvalue weighted by molar-refractivity contribution is 6.34. The fraction of sp³-hybridized carbons (Fsp3) is 0.440. The number of aromatic amines is 1. The lowest BCUT2D eigenvalue weighted by Crippen LogP contribution is -2.42. The average molecular weight is 437 g/mol. The van der Waals surface area contributed by atoms with Crippen LogP contribution in [0, 0.1) is 19.7 Å². The number of fused-ring (bicyclic) bond motifs is 1. The summed E-state index contributed by atoms with van der Waals surface area (Å²) in [5.41, 5.74) is 4.55. The fourth-order valence-corrected chi connectivity index (χ4v) is 5.39. The van der Waals surface area contributed by atoms with Gasteiger partial charge in [-0.05, 0) is 82.5 Å². The quantitative estimate of drug-likeness (QED) is 0.713. The van der Waals surface area contributed by atoms with Gasteiger partial charge in [0.15, 0.2) is 0 Å². The number of nitrogens with one attached hydrogen (secondary N) is 2. The van der Waals surface area contributed by atoms with Crippen LogP contribution in [0.25, 0.3) is 11.6 Å². The van der Waals surface area contributed by atoms with E-state index in [9.17, 15) is 14.0 Å². The molecule has 7 heteroatoms. The van der Waals surface area contributed by atoms with Gasteiger partial charge in [-0.2, -0.15) is 0 Å².